The molecule has 0 amide bonds. The van der Waals surface area contributed by atoms with Gasteiger partial charge in [-0.1, -0.05) is 41.5 Å². The molecule has 1 atom stereocenters. The Morgan fingerprint density at radius 3 is 1.94 bits per heavy atom. The third kappa shape index (κ3) is 3.33. The molecular weight excluding hydrogens is 226 g/mol. The number of hydrogen-bond donors (Lipinski definition) is 1. The molecule has 1 aliphatic heterocycles. The third-order valence-corrected chi connectivity index (χ3v) is 10.5. The lowest BCUT2D eigenvalue weighted by atomic mass is 10.2. The molecule has 0 aromatic rings. The largest absolute Gasteiger partial charge is 0.414 e. The first-order chi connectivity index (χ1) is 7.91. The molecule has 1 heterocycles. The molecule has 0 aromatic carbocycles. The van der Waals surface area contributed by atoms with Crippen molar-refractivity contribution in [3.05, 3.63) is 0 Å². The van der Waals surface area contributed by atoms with Crippen molar-refractivity contribution in [2.24, 2.45) is 0 Å². The Morgan fingerprint density at radius 1 is 1.06 bits per heavy atom. The van der Waals surface area contributed by atoms with Crippen LogP contribution in [0.2, 0.25) is 16.6 Å². The van der Waals surface area contributed by atoms with E-state index in [0.717, 1.165) is 6.61 Å². The molecule has 17 heavy (non-hydrogen) atoms. The molecule has 1 rings (SSSR count). The molecule has 1 N–H and O–H groups in total. The van der Waals surface area contributed by atoms with Gasteiger partial charge >= 0.3 is 0 Å². The van der Waals surface area contributed by atoms with Crippen LogP contribution in [-0.2, 0) is 4.43 Å². The van der Waals surface area contributed by atoms with E-state index < -0.39 is 8.32 Å². The first-order valence-corrected chi connectivity index (χ1v) is 9.42. The Kier molecular flexibility index (Phi) is 5.67. The molecule has 0 aromatic heterocycles. The van der Waals surface area contributed by atoms with Crippen LogP contribution >= 0.6 is 0 Å². The molecule has 0 radical (unpaired) electrons. The first-order valence-electron chi connectivity index (χ1n) is 7.28. The van der Waals surface area contributed by atoms with Crippen molar-refractivity contribution in [1.82, 2.24) is 5.32 Å². The zero-order valence-corrected chi connectivity index (χ0v) is 13.5. The van der Waals surface area contributed by atoms with E-state index in [-0.39, 0.29) is 0 Å². The number of nitrogens with one attached hydrogen (secondary N) is 1. The van der Waals surface area contributed by atoms with Crippen molar-refractivity contribution in [3.8, 4) is 0 Å². The Bertz CT molecular complexity index is 200. The van der Waals surface area contributed by atoms with Crippen molar-refractivity contribution in [2.45, 2.75) is 77.0 Å². The molecule has 3 heteroatoms. The normalized spacial score (nSPS) is 22.1. The van der Waals surface area contributed by atoms with E-state index in [1.165, 1.54) is 19.4 Å². The predicted molar refractivity (Wildman–Crippen MR) is 78.0 cm³/mol. The molecule has 1 saturated heterocycles. The average Bonchev–Trinajstić information content (AvgIpc) is 2.69. The summed E-state index contributed by atoms with van der Waals surface area (Å²) in [6, 6.07) is 0.609. The van der Waals surface area contributed by atoms with Crippen molar-refractivity contribution >= 4 is 8.32 Å². The smallest absolute Gasteiger partial charge is 0.200 e. The van der Waals surface area contributed by atoms with Crippen molar-refractivity contribution < 1.29 is 4.43 Å². The molecule has 1 fully saturated rings. The summed E-state index contributed by atoms with van der Waals surface area (Å²) in [5.74, 6) is 0. The Balaban J connectivity index is 2.67. The summed E-state index contributed by atoms with van der Waals surface area (Å²) in [5, 5.41) is 3.54. The maximum atomic E-state index is 6.57. The fourth-order valence-corrected chi connectivity index (χ4v) is 9.13. The second-order valence-electron chi connectivity index (χ2n) is 6.42. The van der Waals surface area contributed by atoms with Crippen LogP contribution in [0.15, 0.2) is 0 Å². The highest BCUT2D eigenvalue weighted by Gasteiger charge is 2.45. The molecule has 102 valence electrons. The summed E-state index contributed by atoms with van der Waals surface area (Å²) in [7, 11) is -1.64. The fraction of sp³-hybridized carbons (Fsp3) is 1.00. The van der Waals surface area contributed by atoms with Crippen LogP contribution < -0.4 is 5.32 Å². The third-order valence-electron chi connectivity index (χ3n) is 4.40. The van der Waals surface area contributed by atoms with Gasteiger partial charge in [0, 0.05) is 12.6 Å². The second-order valence-corrected chi connectivity index (χ2v) is 11.9. The molecule has 0 aliphatic carbocycles. The van der Waals surface area contributed by atoms with Gasteiger partial charge in [-0.05, 0) is 36.0 Å². The highest BCUT2D eigenvalue weighted by Crippen LogP contribution is 2.42. The van der Waals surface area contributed by atoms with Gasteiger partial charge in [0.2, 0.25) is 0 Å². The van der Waals surface area contributed by atoms with E-state index in [2.05, 4.69) is 46.9 Å². The predicted octanol–water partition coefficient (Wildman–Crippen LogP) is 3.93. The summed E-state index contributed by atoms with van der Waals surface area (Å²) < 4.78 is 6.57. The molecular formula is C14H31NOSi. The highest BCUT2D eigenvalue weighted by atomic mass is 28.4. The highest BCUT2D eigenvalue weighted by molar-refractivity contribution is 6.77. The van der Waals surface area contributed by atoms with Crippen LogP contribution in [-0.4, -0.2) is 27.5 Å². The number of rotatable bonds is 6. The van der Waals surface area contributed by atoms with Gasteiger partial charge in [0.15, 0.2) is 8.32 Å². The van der Waals surface area contributed by atoms with Crippen LogP contribution in [0.3, 0.4) is 0 Å². The first kappa shape index (κ1) is 15.2. The van der Waals surface area contributed by atoms with Gasteiger partial charge in [0.1, 0.15) is 0 Å². The molecule has 0 unspecified atom stereocenters. The van der Waals surface area contributed by atoms with Crippen LogP contribution in [0.5, 0.6) is 0 Å². The molecule has 0 bridgehead atoms. The van der Waals surface area contributed by atoms with Gasteiger partial charge in [0.25, 0.3) is 0 Å². The van der Waals surface area contributed by atoms with E-state index in [9.17, 15) is 0 Å². The summed E-state index contributed by atoms with van der Waals surface area (Å²) >= 11 is 0. The van der Waals surface area contributed by atoms with Crippen LogP contribution in [0.25, 0.3) is 0 Å². The maximum absolute atomic E-state index is 6.57. The molecule has 0 saturated carbocycles. The van der Waals surface area contributed by atoms with Crippen LogP contribution in [0.1, 0.15) is 54.4 Å². The monoisotopic (exact) mass is 257 g/mol. The minimum atomic E-state index is -1.64. The lowest BCUT2D eigenvalue weighted by molar-refractivity contribution is 0.245. The topological polar surface area (TPSA) is 21.3 Å². The lowest BCUT2D eigenvalue weighted by Crippen LogP contribution is -2.49. The minimum Gasteiger partial charge on any atom is -0.414 e. The van der Waals surface area contributed by atoms with Gasteiger partial charge in [-0.15, -0.1) is 0 Å². The summed E-state index contributed by atoms with van der Waals surface area (Å²) in [5.41, 5.74) is 2.09. The van der Waals surface area contributed by atoms with Crippen molar-refractivity contribution in [2.75, 3.05) is 13.2 Å². The fourth-order valence-electron chi connectivity index (χ4n) is 3.64. The zero-order valence-electron chi connectivity index (χ0n) is 12.5. The average molecular weight is 257 g/mol. The Labute approximate surface area is 109 Å². The van der Waals surface area contributed by atoms with Gasteiger partial charge in [-0.25, -0.2) is 0 Å². The molecule has 1 aliphatic rings. The van der Waals surface area contributed by atoms with Crippen molar-refractivity contribution in [1.29, 1.82) is 0 Å². The SMILES string of the molecule is CC(C)[Si](OC[C@@H]1CCCN1)(C(C)C)C(C)C. The van der Waals surface area contributed by atoms with Gasteiger partial charge in [0.05, 0.1) is 0 Å². The Hall–Kier alpha value is 0.137. The number of hydrogen-bond acceptors (Lipinski definition) is 2. The quantitative estimate of drug-likeness (QED) is 0.728. The van der Waals surface area contributed by atoms with E-state index in [0.29, 0.717) is 22.7 Å². The van der Waals surface area contributed by atoms with E-state index in [4.69, 9.17) is 4.43 Å². The molecule has 0 spiro atoms. The summed E-state index contributed by atoms with van der Waals surface area (Å²) in [6.45, 7) is 16.2. The Morgan fingerprint density at radius 2 is 1.59 bits per heavy atom. The van der Waals surface area contributed by atoms with E-state index >= 15 is 0 Å². The maximum Gasteiger partial charge on any atom is 0.200 e. The van der Waals surface area contributed by atoms with Crippen LogP contribution in [0, 0.1) is 0 Å². The van der Waals surface area contributed by atoms with Gasteiger partial charge in [-0.3, -0.25) is 0 Å². The summed E-state index contributed by atoms with van der Waals surface area (Å²) in [6.07, 6.45) is 2.60. The van der Waals surface area contributed by atoms with Crippen molar-refractivity contribution in [3.63, 3.8) is 0 Å². The van der Waals surface area contributed by atoms with Gasteiger partial charge < -0.3 is 9.74 Å². The van der Waals surface area contributed by atoms with E-state index in [1.54, 1.807) is 0 Å². The summed E-state index contributed by atoms with van der Waals surface area (Å²) in [4.78, 5) is 0. The lowest BCUT2D eigenvalue weighted by Gasteiger charge is -2.42. The van der Waals surface area contributed by atoms with E-state index in [1.807, 2.05) is 0 Å². The second kappa shape index (κ2) is 6.35. The standard InChI is InChI=1S/C14H31NOSi/c1-11(2)17(12(3)4,13(5)6)16-10-14-8-7-9-15-14/h11-15H,7-10H2,1-6H3/t14-/m0/s1. The zero-order chi connectivity index (χ0) is 13.1. The van der Waals surface area contributed by atoms with Crippen LogP contribution in [0.4, 0.5) is 0 Å². The molecule has 2 nitrogen and oxygen atoms in total. The minimum absolute atomic E-state index is 0.609. The van der Waals surface area contributed by atoms with Gasteiger partial charge in [-0.2, -0.15) is 0 Å².